The van der Waals surface area contributed by atoms with Crippen LogP contribution in [0.15, 0.2) is 24.3 Å². The van der Waals surface area contributed by atoms with Crippen molar-refractivity contribution in [1.29, 1.82) is 0 Å². The summed E-state index contributed by atoms with van der Waals surface area (Å²) in [4.78, 5) is 14.2. The van der Waals surface area contributed by atoms with Gasteiger partial charge in [0.1, 0.15) is 5.75 Å². The van der Waals surface area contributed by atoms with Gasteiger partial charge in [0.05, 0.1) is 13.7 Å². The standard InChI is InChI=1S/C15H23N3O2/c1-11(16)12-6-7-18(9-12)10-15(19)17-13-4-3-5-14(8-13)20-2/h3-5,8,11-12H,6-7,9-10,16H2,1-2H3,(H,17,19). The zero-order valence-corrected chi connectivity index (χ0v) is 12.1. The number of likely N-dealkylation sites (tertiary alicyclic amines) is 1. The Morgan fingerprint density at radius 1 is 1.60 bits per heavy atom. The Morgan fingerprint density at radius 2 is 2.40 bits per heavy atom. The van der Waals surface area contributed by atoms with Gasteiger partial charge in [0.25, 0.3) is 0 Å². The van der Waals surface area contributed by atoms with Crippen LogP contribution in [0.1, 0.15) is 13.3 Å². The lowest BCUT2D eigenvalue weighted by atomic mass is 10.0. The van der Waals surface area contributed by atoms with Crippen molar-refractivity contribution >= 4 is 11.6 Å². The van der Waals surface area contributed by atoms with Crippen LogP contribution in [0.25, 0.3) is 0 Å². The van der Waals surface area contributed by atoms with Gasteiger partial charge in [0.2, 0.25) is 5.91 Å². The molecule has 5 heteroatoms. The van der Waals surface area contributed by atoms with Crippen molar-refractivity contribution in [1.82, 2.24) is 4.90 Å². The molecule has 0 aromatic heterocycles. The number of carbonyl (C=O) groups excluding carboxylic acids is 1. The molecule has 1 saturated heterocycles. The third kappa shape index (κ3) is 3.95. The quantitative estimate of drug-likeness (QED) is 0.851. The summed E-state index contributed by atoms with van der Waals surface area (Å²) in [6.45, 7) is 4.30. The van der Waals surface area contributed by atoms with Gasteiger partial charge in [-0.2, -0.15) is 0 Å². The van der Waals surface area contributed by atoms with Crippen molar-refractivity contribution in [3.8, 4) is 5.75 Å². The molecule has 20 heavy (non-hydrogen) atoms. The Kier molecular flexibility index (Phi) is 4.98. The summed E-state index contributed by atoms with van der Waals surface area (Å²) in [5, 5.41) is 2.90. The summed E-state index contributed by atoms with van der Waals surface area (Å²) in [6.07, 6.45) is 1.07. The largest absolute Gasteiger partial charge is 0.497 e. The zero-order chi connectivity index (χ0) is 14.5. The summed E-state index contributed by atoms with van der Waals surface area (Å²) in [6, 6.07) is 7.57. The van der Waals surface area contributed by atoms with Gasteiger partial charge in [-0.05, 0) is 37.9 Å². The van der Waals surface area contributed by atoms with Crippen LogP contribution in [0.2, 0.25) is 0 Å². The molecular weight excluding hydrogens is 254 g/mol. The van der Waals surface area contributed by atoms with Gasteiger partial charge in [-0.15, -0.1) is 0 Å². The van der Waals surface area contributed by atoms with Crippen LogP contribution < -0.4 is 15.8 Å². The maximum atomic E-state index is 12.0. The Bertz CT molecular complexity index is 462. The second-order valence-corrected chi connectivity index (χ2v) is 5.42. The highest BCUT2D eigenvalue weighted by Gasteiger charge is 2.26. The van der Waals surface area contributed by atoms with Crippen molar-refractivity contribution in [2.75, 3.05) is 32.1 Å². The zero-order valence-electron chi connectivity index (χ0n) is 12.1. The molecule has 1 aromatic carbocycles. The maximum absolute atomic E-state index is 12.0. The second kappa shape index (κ2) is 6.72. The summed E-state index contributed by atoms with van der Waals surface area (Å²) in [5.74, 6) is 1.24. The van der Waals surface area contributed by atoms with Gasteiger partial charge in [0, 0.05) is 24.3 Å². The molecule has 0 aliphatic carbocycles. The average molecular weight is 277 g/mol. The Morgan fingerprint density at radius 3 is 3.05 bits per heavy atom. The summed E-state index contributed by atoms with van der Waals surface area (Å²) in [5.41, 5.74) is 6.67. The van der Waals surface area contributed by atoms with Crippen LogP contribution >= 0.6 is 0 Å². The van der Waals surface area contributed by atoms with Crippen LogP contribution in [0, 0.1) is 5.92 Å². The molecule has 5 nitrogen and oxygen atoms in total. The van der Waals surface area contributed by atoms with Crippen LogP contribution in [-0.4, -0.2) is 43.6 Å². The number of hydrogen-bond acceptors (Lipinski definition) is 4. The lowest BCUT2D eigenvalue weighted by Crippen LogP contribution is -2.34. The van der Waals surface area contributed by atoms with Crippen molar-refractivity contribution in [3.63, 3.8) is 0 Å². The monoisotopic (exact) mass is 277 g/mol. The molecule has 1 fully saturated rings. The molecule has 0 saturated carbocycles. The van der Waals surface area contributed by atoms with E-state index < -0.39 is 0 Å². The molecule has 1 amide bonds. The summed E-state index contributed by atoms with van der Waals surface area (Å²) >= 11 is 0. The average Bonchev–Trinajstić information content (AvgIpc) is 2.87. The fraction of sp³-hybridized carbons (Fsp3) is 0.533. The van der Waals surface area contributed by atoms with E-state index in [1.54, 1.807) is 7.11 Å². The van der Waals surface area contributed by atoms with Crippen LogP contribution in [0.3, 0.4) is 0 Å². The molecule has 0 spiro atoms. The van der Waals surface area contributed by atoms with E-state index in [-0.39, 0.29) is 11.9 Å². The number of nitrogens with zero attached hydrogens (tertiary/aromatic N) is 1. The Hall–Kier alpha value is -1.59. The van der Waals surface area contributed by atoms with E-state index in [0.717, 1.165) is 30.9 Å². The number of amides is 1. The molecule has 1 aliphatic rings. The summed E-state index contributed by atoms with van der Waals surface area (Å²) in [7, 11) is 1.61. The number of ether oxygens (including phenoxy) is 1. The normalized spacial score (nSPS) is 20.6. The fourth-order valence-corrected chi connectivity index (χ4v) is 2.54. The first-order valence-corrected chi connectivity index (χ1v) is 7.00. The number of hydrogen-bond donors (Lipinski definition) is 2. The lowest BCUT2D eigenvalue weighted by molar-refractivity contribution is -0.117. The molecule has 2 unspecified atom stereocenters. The van der Waals surface area contributed by atoms with E-state index in [2.05, 4.69) is 10.2 Å². The molecule has 2 rings (SSSR count). The smallest absolute Gasteiger partial charge is 0.238 e. The Labute approximate surface area is 120 Å². The number of methoxy groups -OCH3 is 1. The molecule has 1 heterocycles. The lowest BCUT2D eigenvalue weighted by Gasteiger charge is -2.17. The molecule has 3 N–H and O–H groups in total. The first kappa shape index (κ1) is 14.8. The van der Waals surface area contributed by atoms with Gasteiger partial charge in [-0.25, -0.2) is 0 Å². The fourth-order valence-electron chi connectivity index (χ4n) is 2.54. The number of nitrogens with one attached hydrogen (secondary N) is 1. The molecule has 0 bridgehead atoms. The molecule has 110 valence electrons. The minimum absolute atomic E-state index is 0.00331. The predicted octanol–water partition coefficient (Wildman–Crippen LogP) is 1.30. The predicted molar refractivity (Wildman–Crippen MR) is 79.8 cm³/mol. The highest BCUT2D eigenvalue weighted by molar-refractivity contribution is 5.92. The highest BCUT2D eigenvalue weighted by atomic mass is 16.5. The van der Waals surface area contributed by atoms with Crippen molar-refractivity contribution in [2.24, 2.45) is 11.7 Å². The van der Waals surface area contributed by atoms with Gasteiger partial charge in [-0.1, -0.05) is 6.07 Å². The van der Waals surface area contributed by atoms with E-state index >= 15 is 0 Å². The number of nitrogens with two attached hydrogens (primary N) is 1. The van der Waals surface area contributed by atoms with Crippen LogP contribution in [-0.2, 0) is 4.79 Å². The molecule has 1 aromatic rings. The van der Waals surface area contributed by atoms with Gasteiger partial charge >= 0.3 is 0 Å². The number of rotatable bonds is 5. The van der Waals surface area contributed by atoms with E-state index in [0.29, 0.717) is 12.5 Å². The minimum Gasteiger partial charge on any atom is -0.497 e. The van der Waals surface area contributed by atoms with Gasteiger partial charge in [0.15, 0.2) is 0 Å². The minimum atomic E-state index is 0.00331. The third-order valence-corrected chi connectivity index (χ3v) is 3.77. The van der Waals surface area contributed by atoms with Crippen molar-refractivity contribution < 1.29 is 9.53 Å². The Balaban J connectivity index is 1.84. The number of anilines is 1. The second-order valence-electron chi connectivity index (χ2n) is 5.42. The van der Waals surface area contributed by atoms with E-state index in [1.807, 2.05) is 31.2 Å². The topological polar surface area (TPSA) is 67.6 Å². The van der Waals surface area contributed by atoms with Crippen LogP contribution in [0.4, 0.5) is 5.69 Å². The molecule has 0 radical (unpaired) electrons. The number of carbonyl (C=O) groups is 1. The van der Waals surface area contributed by atoms with E-state index in [1.165, 1.54) is 0 Å². The van der Waals surface area contributed by atoms with E-state index in [4.69, 9.17) is 10.5 Å². The van der Waals surface area contributed by atoms with E-state index in [9.17, 15) is 4.79 Å². The van der Waals surface area contributed by atoms with Gasteiger partial charge < -0.3 is 15.8 Å². The molecular formula is C15H23N3O2. The first-order valence-electron chi connectivity index (χ1n) is 7.00. The molecule has 1 aliphatic heterocycles. The van der Waals surface area contributed by atoms with Crippen molar-refractivity contribution in [3.05, 3.63) is 24.3 Å². The highest BCUT2D eigenvalue weighted by Crippen LogP contribution is 2.19. The SMILES string of the molecule is COc1cccc(NC(=O)CN2CCC(C(C)N)C2)c1. The molecule has 2 atom stereocenters. The maximum Gasteiger partial charge on any atom is 0.238 e. The van der Waals surface area contributed by atoms with Crippen LogP contribution in [0.5, 0.6) is 5.75 Å². The number of benzene rings is 1. The first-order chi connectivity index (χ1) is 9.58. The van der Waals surface area contributed by atoms with Crippen molar-refractivity contribution in [2.45, 2.75) is 19.4 Å². The summed E-state index contributed by atoms with van der Waals surface area (Å²) < 4.78 is 5.13. The van der Waals surface area contributed by atoms with Gasteiger partial charge in [-0.3, -0.25) is 9.69 Å². The third-order valence-electron chi connectivity index (χ3n) is 3.77.